The molecule has 0 aromatic heterocycles. The summed E-state index contributed by atoms with van der Waals surface area (Å²) in [7, 11) is 1.39. The molecule has 0 N–H and O–H groups in total. The van der Waals surface area contributed by atoms with Gasteiger partial charge in [-0.25, -0.2) is 0 Å². The third-order valence-corrected chi connectivity index (χ3v) is 4.30. The van der Waals surface area contributed by atoms with Gasteiger partial charge in [0.2, 0.25) is 5.91 Å². The molecular weight excluding hydrogens is 232 g/mol. The van der Waals surface area contributed by atoms with E-state index in [2.05, 4.69) is 9.64 Å². The van der Waals surface area contributed by atoms with Crippen LogP contribution in [0.5, 0.6) is 0 Å². The van der Waals surface area contributed by atoms with Gasteiger partial charge in [0.15, 0.2) is 0 Å². The van der Waals surface area contributed by atoms with Crippen molar-refractivity contribution in [3.63, 3.8) is 0 Å². The van der Waals surface area contributed by atoms with Crippen LogP contribution >= 0.6 is 0 Å². The van der Waals surface area contributed by atoms with E-state index < -0.39 is 0 Å². The Kier molecular flexibility index (Phi) is 3.01. The van der Waals surface area contributed by atoms with Gasteiger partial charge in [-0.05, 0) is 19.3 Å². The van der Waals surface area contributed by atoms with Crippen LogP contribution in [0.2, 0.25) is 0 Å². The maximum absolute atomic E-state index is 12.2. The molecule has 3 aliphatic rings. The molecule has 3 rings (SSSR count). The number of piperazine rings is 1. The monoisotopic (exact) mass is 252 g/mol. The fourth-order valence-corrected chi connectivity index (χ4v) is 2.86. The molecular formula is C13H20N2O3. The first-order valence-electron chi connectivity index (χ1n) is 6.81. The van der Waals surface area contributed by atoms with Crippen molar-refractivity contribution in [3.8, 4) is 0 Å². The normalized spacial score (nSPS) is 32.2. The van der Waals surface area contributed by atoms with Gasteiger partial charge in [-0.3, -0.25) is 14.5 Å². The quantitative estimate of drug-likeness (QED) is 0.669. The van der Waals surface area contributed by atoms with Gasteiger partial charge in [-0.15, -0.1) is 0 Å². The summed E-state index contributed by atoms with van der Waals surface area (Å²) >= 11 is 0. The van der Waals surface area contributed by atoms with Gasteiger partial charge in [0.05, 0.1) is 18.9 Å². The lowest BCUT2D eigenvalue weighted by molar-refractivity contribution is -0.145. The van der Waals surface area contributed by atoms with Crippen LogP contribution in [0.3, 0.4) is 0 Å². The van der Waals surface area contributed by atoms with Crippen LogP contribution in [0.25, 0.3) is 0 Å². The molecule has 0 aromatic rings. The van der Waals surface area contributed by atoms with Crippen molar-refractivity contribution >= 4 is 11.9 Å². The van der Waals surface area contributed by atoms with Gasteiger partial charge in [-0.1, -0.05) is 0 Å². The zero-order valence-corrected chi connectivity index (χ0v) is 10.8. The maximum Gasteiger partial charge on any atom is 0.309 e. The molecule has 2 aliphatic carbocycles. The van der Waals surface area contributed by atoms with Crippen molar-refractivity contribution in [2.24, 2.45) is 11.8 Å². The molecule has 1 aliphatic heterocycles. The molecule has 5 nitrogen and oxygen atoms in total. The predicted octanol–water partition coefficient (Wildman–Crippen LogP) is 0.102. The highest BCUT2D eigenvalue weighted by Crippen LogP contribution is 2.41. The van der Waals surface area contributed by atoms with Crippen molar-refractivity contribution < 1.29 is 14.3 Å². The fourth-order valence-electron chi connectivity index (χ4n) is 2.86. The van der Waals surface area contributed by atoms with Crippen LogP contribution in [-0.4, -0.2) is 61.0 Å². The number of carbonyl (C=O) groups is 2. The largest absolute Gasteiger partial charge is 0.469 e. The molecule has 2 saturated carbocycles. The minimum Gasteiger partial charge on any atom is -0.469 e. The van der Waals surface area contributed by atoms with E-state index in [1.807, 2.05) is 4.90 Å². The van der Waals surface area contributed by atoms with E-state index in [4.69, 9.17) is 0 Å². The number of esters is 1. The minimum absolute atomic E-state index is 0.107. The zero-order chi connectivity index (χ0) is 12.7. The molecule has 5 heteroatoms. The lowest BCUT2D eigenvalue weighted by atomic mass is 10.2. The first-order valence-corrected chi connectivity index (χ1v) is 6.81. The summed E-state index contributed by atoms with van der Waals surface area (Å²) in [5.41, 5.74) is 0. The Bertz CT molecular complexity index is 359. The second-order valence-corrected chi connectivity index (χ2v) is 5.56. The van der Waals surface area contributed by atoms with Crippen LogP contribution in [0.1, 0.15) is 19.3 Å². The van der Waals surface area contributed by atoms with E-state index in [0.717, 1.165) is 32.2 Å². The van der Waals surface area contributed by atoms with E-state index >= 15 is 0 Å². The summed E-state index contributed by atoms with van der Waals surface area (Å²) in [5, 5.41) is 0. The number of rotatable bonds is 3. The topological polar surface area (TPSA) is 49.9 Å². The van der Waals surface area contributed by atoms with Crippen LogP contribution < -0.4 is 0 Å². The third kappa shape index (κ3) is 2.23. The summed E-state index contributed by atoms with van der Waals surface area (Å²) in [5.74, 6) is -0.361. The van der Waals surface area contributed by atoms with Crippen molar-refractivity contribution in [3.05, 3.63) is 0 Å². The number of amides is 1. The maximum atomic E-state index is 12.2. The summed E-state index contributed by atoms with van der Waals surface area (Å²) in [6, 6.07) is 0.783. The van der Waals surface area contributed by atoms with Gasteiger partial charge in [0, 0.05) is 32.2 Å². The number of carbonyl (C=O) groups excluding carboxylic acids is 2. The molecule has 2 atom stereocenters. The van der Waals surface area contributed by atoms with Gasteiger partial charge in [0.1, 0.15) is 0 Å². The molecule has 1 saturated heterocycles. The first kappa shape index (κ1) is 12.0. The third-order valence-electron chi connectivity index (χ3n) is 4.30. The van der Waals surface area contributed by atoms with E-state index in [-0.39, 0.29) is 23.7 Å². The Balaban J connectivity index is 1.48. The van der Waals surface area contributed by atoms with Crippen molar-refractivity contribution in [2.75, 3.05) is 33.3 Å². The summed E-state index contributed by atoms with van der Waals surface area (Å²) in [6.45, 7) is 3.62. The second-order valence-electron chi connectivity index (χ2n) is 5.56. The number of methoxy groups -OCH3 is 1. The highest BCUT2D eigenvalue weighted by atomic mass is 16.5. The zero-order valence-electron chi connectivity index (χ0n) is 10.8. The van der Waals surface area contributed by atoms with Crippen molar-refractivity contribution in [1.29, 1.82) is 0 Å². The number of nitrogens with zero attached hydrogens (tertiary/aromatic N) is 2. The molecule has 2 unspecified atom stereocenters. The van der Waals surface area contributed by atoms with Crippen molar-refractivity contribution in [1.82, 2.24) is 9.80 Å². The highest BCUT2D eigenvalue weighted by molar-refractivity contribution is 5.90. The summed E-state index contributed by atoms with van der Waals surface area (Å²) in [6.07, 6.45) is 3.32. The Morgan fingerprint density at radius 2 is 1.72 bits per heavy atom. The molecule has 1 amide bonds. The SMILES string of the molecule is COC(=O)C1CC1C(=O)N1CCN(C2CC2)CC1. The number of hydrogen-bond acceptors (Lipinski definition) is 4. The van der Waals surface area contributed by atoms with E-state index in [9.17, 15) is 9.59 Å². The lowest BCUT2D eigenvalue weighted by Crippen LogP contribution is -2.50. The fraction of sp³-hybridized carbons (Fsp3) is 0.846. The van der Waals surface area contributed by atoms with E-state index in [1.165, 1.54) is 20.0 Å². The minimum atomic E-state index is -0.232. The molecule has 0 bridgehead atoms. The standard InChI is InChI=1S/C13H20N2O3/c1-18-13(17)11-8-10(11)12(16)15-6-4-14(5-7-15)9-2-3-9/h9-11H,2-8H2,1H3. The Morgan fingerprint density at radius 3 is 2.28 bits per heavy atom. The molecule has 0 aromatic carbocycles. The Labute approximate surface area is 107 Å². The van der Waals surface area contributed by atoms with Gasteiger partial charge >= 0.3 is 5.97 Å². The van der Waals surface area contributed by atoms with Crippen LogP contribution in [0.15, 0.2) is 0 Å². The van der Waals surface area contributed by atoms with E-state index in [0.29, 0.717) is 6.42 Å². The number of hydrogen-bond donors (Lipinski definition) is 0. The molecule has 0 spiro atoms. The molecule has 100 valence electrons. The Morgan fingerprint density at radius 1 is 1.06 bits per heavy atom. The summed E-state index contributed by atoms with van der Waals surface area (Å²) in [4.78, 5) is 27.9. The van der Waals surface area contributed by atoms with Gasteiger partial charge in [0.25, 0.3) is 0 Å². The average Bonchev–Trinajstić information content (AvgIpc) is 3.30. The molecule has 18 heavy (non-hydrogen) atoms. The van der Waals surface area contributed by atoms with Crippen LogP contribution in [0.4, 0.5) is 0 Å². The van der Waals surface area contributed by atoms with Gasteiger partial charge in [-0.2, -0.15) is 0 Å². The first-order chi connectivity index (χ1) is 8.70. The van der Waals surface area contributed by atoms with Crippen LogP contribution in [-0.2, 0) is 14.3 Å². The smallest absolute Gasteiger partial charge is 0.309 e. The molecule has 1 heterocycles. The lowest BCUT2D eigenvalue weighted by Gasteiger charge is -2.35. The highest BCUT2D eigenvalue weighted by Gasteiger charge is 2.50. The van der Waals surface area contributed by atoms with Gasteiger partial charge < -0.3 is 9.64 Å². The molecule has 0 radical (unpaired) electrons. The predicted molar refractivity (Wildman–Crippen MR) is 64.8 cm³/mol. The second kappa shape index (κ2) is 4.53. The van der Waals surface area contributed by atoms with Crippen LogP contribution in [0, 0.1) is 11.8 Å². The number of ether oxygens (including phenoxy) is 1. The van der Waals surface area contributed by atoms with Crippen molar-refractivity contribution in [2.45, 2.75) is 25.3 Å². The average molecular weight is 252 g/mol. The van der Waals surface area contributed by atoms with E-state index in [1.54, 1.807) is 0 Å². The Hall–Kier alpha value is -1.10. The summed E-state index contributed by atoms with van der Waals surface area (Å²) < 4.78 is 4.68. The molecule has 3 fully saturated rings.